The second-order valence-electron chi connectivity index (χ2n) is 6.81. The van der Waals surface area contributed by atoms with Crippen LogP contribution in [0.15, 0.2) is 18.2 Å². The van der Waals surface area contributed by atoms with Crippen LogP contribution >= 0.6 is 0 Å². The summed E-state index contributed by atoms with van der Waals surface area (Å²) in [5, 5.41) is 7.33. The lowest BCUT2D eigenvalue weighted by Crippen LogP contribution is -2.39. The maximum Gasteiger partial charge on any atom is 0.254 e. The molecule has 0 radical (unpaired) electrons. The molecule has 0 bridgehead atoms. The van der Waals surface area contributed by atoms with Gasteiger partial charge in [0.2, 0.25) is 0 Å². The molecule has 1 aliphatic heterocycles. The van der Waals surface area contributed by atoms with Crippen molar-refractivity contribution >= 4 is 5.91 Å². The molecule has 0 unspecified atom stereocenters. The molecule has 1 aromatic carbocycles. The van der Waals surface area contributed by atoms with E-state index in [-0.39, 0.29) is 17.9 Å². The SMILES string of the molecule is COc1ccc(C(=O)N2CCCC[C@@H]2c2nc(C(C)C)n[nH]2)cc1OC. The van der Waals surface area contributed by atoms with Crippen molar-refractivity contribution in [1.29, 1.82) is 0 Å². The first-order valence-electron chi connectivity index (χ1n) is 9.00. The first-order chi connectivity index (χ1) is 12.5. The van der Waals surface area contributed by atoms with Crippen molar-refractivity contribution in [2.24, 2.45) is 0 Å². The van der Waals surface area contributed by atoms with E-state index < -0.39 is 0 Å². The molecule has 1 aliphatic rings. The summed E-state index contributed by atoms with van der Waals surface area (Å²) in [5.74, 6) is 2.92. The van der Waals surface area contributed by atoms with Crippen LogP contribution in [0.1, 0.15) is 67.1 Å². The molecule has 1 amide bonds. The standard InChI is InChI=1S/C19H26N4O3/c1-12(2)17-20-18(22-21-17)14-7-5-6-10-23(14)19(24)13-8-9-15(25-3)16(11-13)26-4/h8-9,11-12,14H,5-7,10H2,1-4H3,(H,20,21,22)/t14-/m1/s1. The second kappa shape index (κ2) is 7.76. The number of benzene rings is 1. The Morgan fingerprint density at radius 3 is 2.65 bits per heavy atom. The number of ether oxygens (including phenoxy) is 2. The highest BCUT2D eigenvalue weighted by molar-refractivity contribution is 5.95. The topological polar surface area (TPSA) is 80.3 Å². The van der Waals surface area contributed by atoms with Crippen molar-refractivity contribution in [1.82, 2.24) is 20.1 Å². The number of methoxy groups -OCH3 is 2. The molecule has 7 nitrogen and oxygen atoms in total. The van der Waals surface area contributed by atoms with Gasteiger partial charge < -0.3 is 14.4 Å². The van der Waals surface area contributed by atoms with Crippen LogP contribution in [0.5, 0.6) is 11.5 Å². The highest BCUT2D eigenvalue weighted by Crippen LogP contribution is 2.33. The number of hydrogen-bond donors (Lipinski definition) is 1. The van der Waals surface area contributed by atoms with E-state index in [1.54, 1.807) is 32.4 Å². The number of carbonyl (C=O) groups excluding carboxylic acids is 1. The number of nitrogens with zero attached hydrogens (tertiary/aromatic N) is 3. The zero-order chi connectivity index (χ0) is 18.7. The molecular formula is C19H26N4O3. The molecule has 1 saturated heterocycles. The van der Waals surface area contributed by atoms with Crippen LogP contribution in [0, 0.1) is 0 Å². The Bertz CT molecular complexity index is 772. The van der Waals surface area contributed by atoms with E-state index >= 15 is 0 Å². The predicted octanol–water partition coefficient (Wildman–Crippen LogP) is 3.31. The van der Waals surface area contributed by atoms with Crippen molar-refractivity contribution < 1.29 is 14.3 Å². The van der Waals surface area contributed by atoms with Gasteiger partial charge in [-0.1, -0.05) is 13.8 Å². The largest absolute Gasteiger partial charge is 0.493 e. The zero-order valence-electron chi connectivity index (χ0n) is 15.8. The Labute approximate surface area is 153 Å². The Balaban J connectivity index is 1.88. The number of rotatable bonds is 5. The predicted molar refractivity (Wildman–Crippen MR) is 97.6 cm³/mol. The number of hydrogen-bond acceptors (Lipinski definition) is 5. The minimum Gasteiger partial charge on any atom is -0.493 e. The fourth-order valence-corrected chi connectivity index (χ4v) is 3.29. The van der Waals surface area contributed by atoms with Crippen LogP contribution in [-0.4, -0.2) is 46.8 Å². The lowest BCUT2D eigenvalue weighted by Gasteiger charge is -2.34. The minimum absolute atomic E-state index is 0.0295. The van der Waals surface area contributed by atoms with Crippen molar-refractivity contribution in [2.45, 2.75) is 45.1 Å². The molecule has 1 atom stereocenters. The molecule has 0 saturated carbocycles. The molecule has 2 aromatic rings. The van der Waals surface area contributed by atoms with Gasteiger partial charge in [-0.05, 0) is 37.5 Å². The molecule has 7 heteroatoms. The third-order valence-corrected chi connectivity index (χ3v) is 4.75. The van der Waals surface area contributed by atoms with E-state index in [1.165, 1.54) is 0 Å². The van der Waals surface area contributed by atoms with Crippen LogP contribution in [0.3, 0.4) is 0 Å². The van der Waals surface area contributed by atoms with Gasteiger partial charge in [-0.15, -0.1) is 0 Å². The van der Waals surface area contributed by atoms with Crippen molar-refractivity contribution in [3.05, 3.63) is 35.4 Å². The van der Waals surface area contributed by atoms with Gasteiger partial charge >= 0.3 is 0 Å². The first-order valence-corrected chi connectivity index (χ1v) is 9.00. The van der Waals surface area contributed by atoms with Gasteiger partial charge in [0.05, 0.1) is 20.3 Å². The highest BCUT2D eigenvalue weighted by atomic mass is 16.5. The van der Waals surface area contributed by atoms with E-state index in [0.29, 0.717) is 23.6 Å². The molecule has 1 N–H and O–H groups in total. The molecule has 0 aliphatic carbocycles. The van der Waals surface area contributed by atoms with E-state index in [1.807, 2.05) is 4.90 Å². The van der Waals surface area contributed by atoms with Gasteiger partial charge in [0.15, 0.2) is 17.3 Å². The lowest BCUT2D eigenvalue weighted by molar-refractivity contribution is 0.0600. The van der Waals surface area contributed by atoms with Crippen molar-refractivity contribution in [3.63, 3.8) is 0 Å². The molecule has 1 aromatic heterocycles. The van der Waals surface area contributed by atoms with Gasteiger partial charge in [0.25, 0.3) is 5.91 Å². The van der Waals surface area contributed by atoms with E-state index in [0.717, 1.165) is 30.9 Å². The van der Waals surface area contributed by atoms with Crippen LogP contribution in [-0.2, 0) is 0 Å². The van der Waals surface area contributed by atoms with E-state index in [9.17, 15) is 4.79 Å². The summed E-state index contributed by atoms with van der Waals surface area (Å²) in [6.07, 6.45) is 2.94. The molecule has 1 fully saturated rings. The Kier molecular flexibility index (Phi) is 5.44. The lowest BCUT2D eigenvalue weighted by atomic mass is 10.00. The molecule has 2 heterocycles. The van der Waals surface area contributed by atoms with Gasteiger partial charge in [-0.25, -0.2) is 4.98 Å². The Morgan fingerprint density at radius 1 is 1.23 bits per heavy atom. The highest BCUT2D eigenvalue weighted by Gasteiger charge is 2.31. The number of H-pyrrole nitrogens is 1. The summed E-state index contributed by atoms with van der Waals surface area (Å²) >= 11 is 0. The molecule has 26 heavy (non-hydrogen) atoms. The van der Waals surface area contributed by atoms with Crippen LogP contribution in [0.2, 0.25) is 0 Å². The van der Waals surface area contributed by atoms with Gasteiger partial charge in [-0.2, -0.15) is 5.10 Å². The normalized spacial score (nSPS) is 17.4. The Hall–Kier alpha value is -2.57. The average Bonchev–Trinajstić information content (AvgIpc) is 3.17. The zero-order valence-corrected chi connectivity index (χ0v) is 15.8. The number of piperidine rings is 1. The number of amides is 1. The van der Waals surface area contributed by atoms with Crippen LogP contribution in [0.4, 0.5) is 0 Å². The number of carbonyl (C=O) groups is 1. The first kappa shape index (κ1) is 18.2. The van der Waals surface area contributed by atoms with Crippen molar-refractivity contribution in [2.75, 3.05) is 20.8 Å². The van der Waals surface area contributed by atoms with Crippen molar-refractivity contribution in [3.8, 4) is 11.5 Å². The van der Waals surface area contributed by atoms with Crippen LogP contribution in [0.25, 0.3) is 0 Å². The summed E-state index contributed by atoms with van der Waals surface area (Å²) in [6.45, 7) is 4.82. The summed E-state index contributed by atoms with van der Waals surface area (Å²) in [6, 6.07) is 5.18. The third kappa shape index (κ3) is 3.52. The monoisotopic (exact) mass is 358 g/mol. The molecule has 140 valence electrons. The number of aromatic amines is 1. The molecule has 3 rings (SSSR count). The quantitative estimate of drug-likeness (QED) is 0.887. The smallest absolute Gasteiger partial charge is 0.254 e. The summed E-state index contributed by atoms with van der Waals surface area (Å²) in [5.41, 5.74) is 0.582. The average molecular weight is 358 g/mol. The molecule has 0 spiro atoms. The fraction of sp³-hybridized carbons (Fsp3) is 0.526. The van der Waals surface area contributed by atoms with E-state index in [4.69, 9.17) is 9.47 Å². The van der Waals surface area contributed by atoms with Gasteiger partial charge in [0.1, 0.15) is 5.82 Å². The van der Waals surface area contributed by atoms with Gasteiger partial charge in [0, 0.05) is 18.0 Å². The third-order valence-electron chi connectivity index (χ3n) is 4.75. The maximum absolute atomic E-state index is 13.2. The number of nitrogens with one attached hydrogen (secondary N) is 1. The summed E-state index contributed by atoms with van der Waals surface area (Å²) < 4.78 is 10.6. The maximum atomic E-state index is 13.2. The summed E-state index contributed by atoms with van der Waals surface area (Å²) in [4.78, 5) is 19.7. The molecular weight excluding hydrogens is 332 g/mol. The van der Waals surface area contributed by atoms with E-state index in [2.05, 4.69) is 29.0 Å². The summed E-state index contributed by atoms with van der Waals surface area (Å²) in [7, 11) is 3.15. The Morgan fingerprint density at radius 2 is 2.00 bits per heavy atom. The number of aromatic nitrogens is 3. The van der Waals surface area contributed by atoms with Gasteiger partial charge in [-0.3, -0.25) is 9.89 Å². The van der Waals surface area contributed by atoms with Crippen LogP contribution < -0.4 is 9.47 Å². The fourth-order valence-electron chi connectivity index (χ4n) is 3.29. The second-order valence-corrected chi connectivity index (χ2v) is 6.81. The minimum atomic E-state index is -0.0793. The number of likely N-dealkylation sites (tertiary alicyclic amines) is 1.